The van der Waals surface area contributed by atoms with Crippen LogP contribution in [-0.4, -0.2) is 37.3 Å². The van der Waals surface area contributed by atoms with Crippen LogP contribution in [0.25, 0.3) is 0 Å². The van der Waals surface area contributed by atoms with E-state index in [1.54, 1.807) is 13.8 Å². The molecule has 1 aliphatic carbocycles. The van der Waals surface area contributed by atoms with Crippen LogP contribution in [0.2, 0.25) is 10.0 Å². The summed E-state index contributed by atoms with van der Waals surface area (Å²) in [6.07, 6.45) is 4.34. The zero-order valence-electron chi connectivity index (χ0n) is 19.3. The van der Waals surface area contributed by atoms with E-state index in [4.69, 9.17) is 32.7 Å². The van der Waals surface area contributed by atoms with Gasteiger partial charge in [-0.05, 0) is 56.9 Å². The molecule has 190 valence electrons. The zero-order chi connectivity index (χ0) is 25.8. The number of amides is 1. The Bertz CT molecular complexity index is 1190. The lowest BCUT2D eigenvalue weighted by Crippen LogP contribution is -2.27. The molecule has 0 radical (unpaired) electrons. The number of phenolic OH excluding ortho intramolecular Hbond substituents is 1. The van der Waals surface area contributed by atoms with Crippen molar-refractivity contribution in [2.24, 2.45) is 5.92 Å². The van der Waals surface area contributed by atoms with Gasteiger partial charge in [0.15, 0.2) is 15.6 Å². The molecule has 35 heavy (non-hydrogen) atoms. The second-order valence-corrected chi connectivity index (χ2v) is 11.5. The van der Waals surface area contributed by atoms with Gasteiger partial charge in [-0.15, -0.1) is 0 Å². The first-order valence-electron chi connectivity index (χ1n) is 11.2. The second kappa shape index (κ2) is 11.5. The maximum Gasteiger partial charge on any atom is 0.397 e. The summed E-state index contributed by atoms with van der Waals surface area (Å²) < 4.78 is 36.5. The van der Waals surface area contributed by atoms with Gasteiger partial charge in [0.2, 0.25) is 0 Å². The Hall–Kier alpha value is -2.49. The van der Waals surface area contributed by atoms with E-state index < -0.39 is 27.8 Å². The van der Waals surface area contributed by atoms with Crippen LogP contribution in [-0.2, 0) is 24.2 Å². The maximum atomic E-state index is 13.0. The molecule has 0 atom stereocenters. The van der Waals surface area contributed by atoms with Crippen molar-refractivity contribution in [2.75, 3.05) is 11.1 Å². The predicted molar refractivity (Wildman–Crippen MR) is 133 cm³/mol. The molecule has 0 aliphatic heterocycles. The molecule has 2 N–H and O–H groups in total. The Morgan fingerprint density at radius 2 is 1.71 bits per heavy atom. The summed E-state index contributed by atoms with van der Waals surface area (Å²) >= 11 is 12.6. The normalized spacial score (nSPS) is 14.5. The van der Waals surface area contributed by atoms with Gasteiger partial charge in [-0.3, -0.25) is 4.79 Å². The van der Waals surface area contributed by atoms with Crippen molar-refractivity contribution in [3.05, 3.63) is 40.4 Å². The summed E-state index contributed by atoms with van der Waals surface area (Å²) in [5.41, 5.74) is 0.138. The fourth-order valence-corrected chi connectivity index (χ4v) is 6.24. The van der Waals surface area contributed by atoms with Crippen molar-refractivity contribution >= 4 is 50.6 Å². The summed E-state index contributed by atoms with van der Waals surface area (Å²) in [6.45, 7) is 3.22. The number of carbonyl (C=O) groups excluding carboxylic acids is 2. The Kier molecular flexibility index (Phi) is 8.90. The average molecular weight is 544 g/mol. The third-order valence-electron chi connectivity index (χ3n) is 5.45. The number of halogens is 2. The van der Waals surface area contributed by atoms with Crippen molar-refractivity contribution in [1.82, 2.24) is 0 Å². The number of sulfone groups is 1. The third kappa shape index (κ3) is 7.25. The average Bonchev–Trinajstić information content (AvgIpc) is 2.77. The standard InChI is InChI=1S/C24H27Cl2NO7S/c1-14(2)33-24(30)23(29)27-16-10-18(25)22(19(26)11-16)34-17-8-9-20(28)21(12-17)35(31,32)13-15-6-4-3-5-7-15/h8-12,14-15,28H,3-7,13H2,1-2H3,(H,27,29). The lowest BCUT2D eigenvalue weighted by Gasteiger charge is -2.21. The highest BCUT2D eigenvalue weighted by atomic mass is 35.5. The first-order chi connectivity index (χ1) is 16.5. The van der Waals surface area contributed by atoms with Gasteiger partial charge in [-0.2, -0.15) is 0 Å². The fraction of sp³-hybridized carbons (Fsp3) is 0.417. The molecule has 0 bridgehead atoms. The number of ether oxygens (including phenoxy) is 2. The summed E-state index contributed by atoms with van der Waals surface area (Å²) in [5.74, 6) is -2.29. The van der Waals surface area contributed by atoms with E-state index in [1.807, 2.05) is 0 Å². The molecule has 0 heterocycles. The molecule has 0 saturated heterocycles. The fourth-order valence-electron chi connectivity index (χ4n) is 3.86. The minimum Gasteiger partial charge on any atom is -0.507 e. The molecule has 0 spiro atoms. The topological polar surface area (TPSA) is 119 Å². The predicted octanol–water partition coefficient (Wildman–Crippen LogP) is 5.74. The quantitative estimate of drug-likeness (QED) is 0.337. The Morgan fingerprint density at radius 3 is 2.31 bits per heavy atom. The molecule has 2 aromatic carbocycles. The molecular weight excluding hydrogens is 517 g/mol. The molecule has 0 unspecified atom stereocenters. The molecule has 1 fully saturated rings. The van der Waals surface area contributed by atoms with Crippen LogP contribution in [0.5, 0.6) is 17.2 Å². The lowest BCUT2D eigenvalue weighted by atomic mass is 9.91. The van der Waals surface area contributed by atoms with Gasteiger partial charge in [0.1, 0.15) is 16.4 Å². The number of nitrogens with one attached hydrogen (secondary N) is 1. The van der Waals surface area contributed by atoms with E-state index in [0.29, 0.717) is 0 Å². The van der Waals surface area contributed by atoms with Gasteiger partial charge in [0.05, 0.1) is 21.9 Å². The Morgan fingerprint density at radius 1 is 1.09 bits per heavy atom. The molecule has 1 aliphatic rings. The van der Waals surface area contributed by atoms with Crippen LogP contribution in [0.4, 0.5) is 5.69 Å². The smallest absolute Gasteiger partial charge is 0.397 e. The van der Waals surface area contributed by atoms with Crippen LogP contribution in [0.1, 0.15) is 46.0 Å². The first-order valence-corrected chi connectivity index (χ1v) is 13.6. The van der Waals surface area contributed by atoms with Gasteiger partial charge in [-0.1, -0.05) is 42.5 Å². The number of aromatic hydroxyl groups is 1. The number of phenols is 1. The van der Waals surface area contributed by atoms with Crippen molar-refractivity contribution in [3.63, 3.8) is 0 Å². The van der Waals surface area contributed by atoms with E-state index >= 15 is 0 Å². The molecule has 1 amide bonds. The molecule has 2 aromatic rings. The lowest BCUT2D eigenvalue weighted by molar-refractivity contribution is -0.155. The van der Waals surface area contributed by atoms with Crippen LogP contribution in [0.3, 0.4) is 0 Å². The number of carbonyl (C=O) groups is 2. The van der Waals surface area contributed by atoms with Crippen molar-refractivity contribution in [1.29, 1.82) is 0 Å². The van der Waals surface area contributed by atoms with Gasteiger partial charge in [-0.25, -0.2) is 13.2 Å². The number of anilines is 1. The van der Waals surface area contributed by atoms with E-state index in [9.17, 15) is 23.1 Å². The summed E-state index contributed by atoms with van der Waals surface area (Å²) in [7, 11) is -3.75. The van der Waals surface area contributed by atoms with Crippen LogP contribution < -0.4 is 10.1 Å². The minimum atomic E-state index is -3.75. The number of benzene rings is 2. The van der Waals surface area contributed by atoms with Crippen LogP contribution in [0.15, 0.2) is 35.2 Å². The maximum absolute atomic E-state index is 13.0. The minimum absolute atomic E-state index is 0.00437. The van der Waals surface area contributed by atoms with Crippen LogP contribution >= 0.6 is 23.2 Å². The van der Waals surface area contributed by atoms with Gasteiger partial charge in [0.25, 0.3) is 0 Å². The van der Waals surface area contributed by atoms with E-state index in [-0.39, 0.29) is 49.5 Å². The number of hydrogen-bond acceptors (Lipinski definition) is 7. The number of rotatable bonds is 7. The van der Waals surface area contributed by atoms with E-state index in [1.165, 1.54) is 30.3 Å². The highest BCUT2D eigenvalue weighted by Gasteiger charge is 2.26. The van der Waals surface area contributed by atoms with Crippen LogP contribution in [0, 0.1) is 5.92 Å². The number of hydrogen-bond donors (Lipinski definition) is 2. The van der Waals surface area contributed by atoms with Crippen molar-refractivity contribution in [2.45, 2.75) is 57.0 Å². The largest absolute Gasteiger partial charge is 0.507 e. The molecule has 8 nitrogen and oxygen atoms in total. The first kappa shape index (κ1) is 27.1. The molecular formula is C24H27Cl2NO7S. The monoisotopic (exact) mass is 543 g/mol. The summed E-state index contributed by atoms with van der Waals surface area (Å²) in [5, 5.41) is 12.6. The molecule has 11 heteroatoms. The van der Waals surface area contributed by atoms with Crippen molar-refractivity contribution < 1.29 is 32.6 Å². The third-order valence-corrected chi connectivity index (χ3v) is 7.92. The highest BCUT2D eigenvalue weighted by Crippen LogP contribution is 2.40. The zero-order valence-corrected chi connectivity index (χ0v) is 21.7. The molecule has 0 aromatic heterocycles. The van der Waals surface area contributed by atoms with Gasteiger partial charge >= 0.3 is 11.9 Å². The van der Waals surface area contributed by atoms with Gasteiger partial charge in [0, 0.05) is 11.8 Å². The van der Waals surface area contributed by atoms with E-state index in [0.717, 1.165) is 32.1 Å². The van der Waals surface area contributed by atoms with E-state index in [2.05, 4.69) is 5.32 Å². The van der Waals surface area contributed by atoms with Crippen molar-refractivity contribution in [3.8, 4) is 17.2 Å². The summed E-state index contributed by atoms with van der Waals surface area (Å²) in [4.78, 5) is 23.5. The summed E-state index contributed by atoms with van der Waals surface area (Å²) in [6, 6.07) is 6.51. The highest BCUT2D eigenvalue weighted by molar-refractivity contribution is 7.91. The Labute approximate surface area is 214 Å². The Balaban J connectivity index is 1.79. The SMILES string of the molecule is CC(C)OC(=O)C(=O)Nc1cc(Cl)c(Oc2ccc(O)c(S(=O)(=O)CC3CCCCC3)c2)c(Cl)c1. The number of esters is 1. The second-order valence-electron chi connectivity index (χ2n) is 8.69. The van der Waals surface area contributed by atoms with Gasteiger partial charge < -0.3 is 19.9 Å². The molecule has 3 rings (SSSR count). The molecule has 1 saturated carbocycles.